The van der Waals surface area contributed by atoms with Crippen LogP contribution in [0.25, 0.3) is 0 Å². The average molecular weight is 269 g/mol. The van der Waals surface area contributed by atoms with Crippen molar-refractivity contribution >= 4 is 21.6 Å². The van der Waals surface area contributed by atoms with E-state index in [1.54, 1.807) is 31.2 Å². The van der Waals surface area contributed by atoms with Crippen LogP contribution in [0.2, 0.25) is 0 Å². The molecule has 0 aliphatic heterocycles. The van der Waals surface area contributed by atoms with E-state index in [-0.39, 0.29) is 6.04 Å². The number of oxime groups is 1. The summed E-state index contributed by atoms with van der Waals surface area (Å²) in [6.45, 7) is 1.63. The van der Waals surface area contributed by atoms with E-state index in [2.05, 4.69) is 14.6 Å². The van der Waals surface area contributed by atoms with Crippen LogP contribution in [0, 0.1) is 0 Å². The number of hydrogen-bond acceptors (Lipinski definition) is 4. The fraction of sp³-hybridized carbons (Fsp3) is 0.364. The third kappa shape index (κ3) is 3.44. The molecule has 1 aromatic carbocycles. The van der Waals surface area contributed by atoms with Gasteiger partial charge in [-0.1, -0.05) is 17.3 Å². The molecule has 1 saturated carbocycles. The highest BCUT2D eigenvalue weighted by molar-refractivity contribution is 7.90. The highest BCUT2D eigenvalue weighted by Gasteiger charge is 2.26. The van der Waals surface area contributed by atoms with E-state index in [4.69, 9.17) is 5.21 Å². The molecule has 0 spiro atoms. The molecule has 0 amide bonds. The van der Waals surface area contributed by atoms with Gasteiger partial charge in [-0.2, -0.15) is 13.1 Å². The van der Waals surface area contributed by atoms with Crippen LogP contribution >= 0.6 is 0 Å². The molecule has 18 heavy (non-hydrogen) atoms. The second-order valence-electron chi connectivity index (χ2n) is 4.26. The third-order valence-electron chi connectivity index (χ3n) is 2.58. The molecule has 0 saturated heterocycles. The lowest BCUT2D eigenvalue weighted by Gasteiger charge is -2.09. The molecule has 6 nitrogen and oxygen atoms in total. The predicted octanol–water partition coefficient (Wildman–Crippen LogP) is 1.29. The molecule has 0 atom stereocenters. The number of benzene rings is 1. The van der Waals surface area contributed by atoms with Crippen molar-refractivity contribution in [2.45, 2.75) is 25.8 Å². The molecule has 98 valence electrons. The summed E-state index contributed by atoms with van der Waals surface area (Å²) in [5.41, 5.74) is 1.51. The molecule has 1 aliphatic rings. The van der Waals surface area contributed by atoms with Gasteiger partial charge in [-0.25, -0.2) is 0 Å². The Labute approximate surface area is 106 Å². The maximum Gasteiger partial charge on any atom is 0.299 e. The van der Waals surface area contributed by atoms with Crippen molar-refractivity contribution in [3.8, 4) is 0 Å². The SMILES string of the molecule is C/C(=N/O)c1cccc(NS(=O)(=O)NC2CC2)c1. The van der Waals surface area contributed by atoms with Crippen molar-refractivity contribution in [3.05, 3.63) is 29.8 Å². The number of rotatable bonds is 5. The zero-order valence-corrected chi connectivity index (χ0v) is 10.7. The van der Waals surface area contributed by atoms with Crippen LogP contribution in [-0.2, 0) is 10.2 Å². The van der Waals surface area contributed by atoms with Crippen molar-refractivity contribution < 1.29 is 13.6 Å². The first-order chi connectivity index (χ1) is 8.50. The van der Waals surface area contributed by atoms with Crippen LogP contribution in [0.15, 0.2) is 29.4 Å². The molecule has 0 heterocycles. The van der Waals surface area contributed by atoms with Crippen LogP contribution in [-0.4, -0.2) is 25.4 Å². The molecule has 7 heteroatoms. The summed E-state index contributed by atoms with van der Waals surface area (Å²) in [6.07, 6.45) is 1.77. The van der Waals surface area contributed by atoms with E-state index < -0.39 is 10.2 Å². The van der Waals surface area contributed by atoms with Gasteiger partial charge in [0.15, 0.2) is 0 Å². The van der Waals surface area contributed by atoms with Gasteiger partial charge in [0.1, 0.15) is 0 Å². The topological polar surface area (TPSA) is 90.8 Å². The Morgan fingerprint density at radius 3 is 2.78 bits per heavy atom. The number of anilines is 1. The lowest BCUT2D eigenvalue weighted by atomic mass is 10.1. The molecule has 0 unspecified atom stereocenters. The Kier molecular flexibility index (Phi) is 3.53. The number of nitrogens with zero attached hydrogens (tertiary/aromatic N) is 1. The van der Waals surface area contributed by atoms with E-state index in [0.29, 0.717) is 17.0 Å². The van der Waals surface area contributed by atoms with Gasteiger partial charge in [-0.3, -0.25) is 4.72 Å². The van der Waals surface area contributed by atoms with E-state index >= 15 is 0 Å². The molecule has 1 aliphatic carbocycles. The van der Waals surface area contributed by atoms with Gasteiger partial charge in [0.2, 0.25) is 0 Å². The molecule has 2 rings (SSSR count). The van der Waals surface area contributed by atoms with Crippen molar-refractivity contribution in [1.82, 2.24) is 4.72 Å². The summed E-state index contributed by atoms with van der Waals surface area (Å²) in [7, 11) is -3.52. The van der Waals surface area contributed by atoms with Gasteiger partial charge in [0, 0.05) is 11.6 Å². The van der Waals surface area contributed by atoms with Gasteiger partial charge in [0.25, 0.3) is 10.2 Å². The molecule has 1 aromatic rings. The minimum Gasteiger partial charge on any atom is -0.411 e. The quantitative estimate of drug-likeness (QED) is 0.427. The fourth-order valence-corrected chi connectivity index (χ4v) is 2.64. The Morgan fingerprint density at radius 1 is 1.44 bits per heavy atom. The minimum absolute atomic E-state index is 0.0615. The summed E-state index contributed by atoms with van der Waals surface area (Å²) in [5.74, 6) is 0. The first-order valence-electron chi connectivity index (χ1n) is 5.59. The van der Waals surface area contributed by atoms with Crippen molar-refractivity contribution in [2.24, 2.45) is 5.16 Å². The first-order valence-corrected chi connectivity index (χ1v) is 7.07. The molecule has 0 bridgehead atoms. The summed E-state index contributed by atoms with van der Waals surface area (Å²) < 4.78 is 28.4. The highest BCUT2D eigenvalue weighted by atomic mass is 32.2. The molecule has 0 aromatic heterocycles. The number of nitrogens with one attached hydrogen (secondary N) is 2. The maximum atomic E-state index is 11.7. The van der Waals surface area contributed by atoms with E-state index in [1.807, 2.05) is 0 Å². The molecule has 3 N–H and O–H groups in total. The third-order valence-corrected chi connectivity index (χ3v) is 3.73. The minimum atomic E-state index is -3.52. The van der Waals surface area contributed by atoms with E-state index in [9.17, 15) is 8.42 Å². The second-order valence-corrected chi connectivity index (χ2v) is 5.71. The maximum absolute atomic E-state index is 11.7. The largest absolute Gasteiger partial charge is 0.411 e. The summed E-state index contributed by atoms with van der Waals surface area (Å²) in [5, 5.41) is 11.8. The molecular formula is C11H15N3O3S. The van der Waals surface area contributed by atoms with E-state index in [0.717, 1.165) is 12.8 Å². The van der Waals surface area contributed by atoms with Crippen LogP contribution in [0.4, 0.5) is 5.69 Å². The number of hydrogen-bond donors (Lipinski definition) is 3. The normalized spacial score (nSPS) is 16.6. The van der Waals surface area contributed by atoms with Gasteiger partial charge in [-0.15, -0.1) is 0 Å². The Bertz CT molecular complexity index is 565. The molecule has 0 radical (unpaired) electrons. The average Bonchev–Trinajstić information content (AvgIpc) is 3.10. The Morgan fingerprint density at radius 2 is 2.17 bits per heavy atom. The van der Waals surface area contributed by atoms with Crippen LogP contribution in [0.3, 0.4) is 0 Å². The molecule has 1 fully saturated rings. The summed E-state index contributed by atoms with van der Waals surface area (Å²) in [4.78, 5) is 0. The van der Waals surface area contributed by atoms with Crippen molar-refractivity contribution in [2.75, 3.05) is 4.72 Å². The fourth-order valence-electron chi connectivity index (χ4n) is 1.47. The van der Waals surface area contributed by atoms with Gasteiger partial charge < -0.3 is 5.21 Å². The van der Waals surface area contributed by atoms with E-state index in [1.165, 1.54) is 0 Å². The van der Waals surface area contributed by atoms with Crippen molar-refractivity contribution in [1.29, 1.82) is 0 Å². The van der Waals surface area contributed by atoms with Gasteiger partial charge in [0.05, 0.1) is 11.4 Å². The monoisotopic (exact) mass is 269 g/mol. The molecular weight excluding hydrogens is 254 g/mol. The Balaban J connectivity index is 2.13. The van der Waals surface area contributed by atoms with Crippen molar-refractivity contribution in [3.63, 3.8) is 0 Å². The first kappa shape index (κ1) is 12.8. The smallest absolute Gasteiger partial charge is 0.299 e. The second kappa shape index (κ2) is 4.95. The van der Waals surface area contributed by atoms with Crippen LogP contribution in [0.5, 0.6) is 0 Å². The summed E-state index contributed by atoms with van der Waals surface area (Å²) >= 11 is 0. The predicted molar refractivity (Wildman–Crippen MR) is 69.1 cm³/mol. The van der Waals surface area contributed by atoms with Gasteiger partial charge in [-0.05, 0) is 31.9 Å². The lowest BCUT2D eigenvalue weighted by molar-refractivity contribution is 0.319. The standard InChI is InChI=1S/C11H15N3O3S/c1-8(12-15)9-3-2-4-11(7-9)14-18(16,17)13-10-5-6-10/h2-4,7,10,13-15H,5-6H2,1H3/b12-8-. The highest BCUT2D eigenvalue weighted by Crippen LogP contribution is 2.20. The Hall–Kier alpha value is -1.60. The lowest BCUT2D eigenvalue weighted by Crippen LogP contribution is -2.31. The van der Waals surface area contributed by atoms with Crippen LogP contribution < -0.4 is 9.44 Å². The summed E-state index contributed by atoms with van der Waals surface area (Å²) in [6, 6.07) is 6.74. The zero-order valence-electron chi connectivity index (χ0n) is 9.92. The zero-order chi connectivity index (χ0) is 13.2. The van der Waals surface area contributed by atoms with Crippen LogP contribution in [0.1, 0.15) is 25.3 Å². The van der Waals surface area contributed by atoms with Gasteiger partial charge >= 0.3 is 0 Å².